The molecular formula is C22H18O5. The lowest BCUT2D eigenvalue weighted by molar-refractivity contribution is -0.148. The van der Waals surface area contributed by atoms with Crippen LogP contribution in [0, 0.1) is 0 Å². The van der Waals surface area contributed by atoms with E-state index in [-0.39, 0.29) is 0 Å². The van der Waals surface area contributed by atoms with Crippen molar-refractivity contribution >= 4 is 11.9 Å². The Morgan fingerprint density at radius 2 is 1.37 bits per heavy atom. The molecule has 0 radical (unpaired) electrons. The molecule has 0 aromatic heterocycles. The number of aliphatic carboxylic acids is 1. The zero-order valence-corrected chi connectivity index (χ0v) is 14.4. The van der Waals surface area contributed by atoms with E-state index in [1.807, 2.05) is 30.3 Å². The van der Waals surface area contributed by atoms with Gasteiger partial charge in [0.15, 0.2) is 5.92 Å². The van der Waals surface area contributed by atoms with Crippen LogP contribution in [0.1, 0.15) is 17.0 Å². The standard InChI is InChI=1S/C22H18O5/c23-21(24)20(22(25)27-19-9-5-2-6-10-19)17-11-13-18(14-12-17)26-15-16-7-3-1-4-8-16/h1-14,20H,15H2,(H,23,24). The van der Waals surface area contributed by atoms with Gasteiger partial charge < -0.3 is 14.6 Å². The van der Waals surface area contributed by atoms with E-state index in [1.54, 1.807) is 54.6 Å². The summed E-state index contributed by atoms with van der Waals surface area (Å²) in [5.74, 6) is -2.63. The minimum absolute atomic E-state index is 0.302. The van der Waals surface area contributed by atoms with Gasteiger partial charge in [0.25, 0.3) is 0 Å². The van der Waals surface area contributed by atoms with Crippen molar-refractivity contribution in [3.8, 4) is 11.5 Å². The highest BCUT2D eigenvalue weighted by molar-refractivity contribution is 6.00. The number of carboxylic acids is 1. The number of para-hydroxylation sites is 1. The van der Waals surface area contributed by atoms with Crippen LogP contribution in [0.3, 0.4) is 0 Å². The number of hydrogen-bond acceptors (Lipinski definition) is 4. The molecule has 1 atom stereocenters. The van der Waals surface area contributed by atoms with Crippen molar-refractivity contribution in [3.63, 3.8) is 0 Å². The van der Waals surface area contributed by atoms with Crippen molar-refractivity contribution in [2.24, 2.45) is 0 Å². The molecule has 1 N–H and O–H groups in total. The van der Waals surface area contributed by atoms with Crippen LogP contribution in [0.5, 0.6) is 11.5 Å². The Morgan fingerprint density at radius 1 is 0.778 bits per heavy atom. The molecule has 5 heteroatoms. The van der Waals surface area contributed by atoms with E-state index in [4.69, 9.17) is 9.47 Å². The third kappa shape index (κ3) is 4.95. The quantitative estimate of drug-likeness (QED) is 0.390. The number of hydrogen-bond donors (Lipinski definition) is 1. The second-order valence-corrected chi connectivity index (χ2v) is 5.85. The minimum atomic E-state index is -1.41. The molecule has 0 saturated heterocycles. The van der Waals surface area contributed by atoms with Crippen molar-refractivity contribution in [2.75, 3.05) is 0 Å². The van der Waals surface area contributed by atoms with E-state index in [2.05, 4.69) is 0 Å². The molecule has 3 rings (SSSR count). The molecule has 0 aliphatic carbocycles. The van der Waals surface area contributed by atoms with Crippen LogP contribution in [0.25, 0.3) is 0 Å². The summed E-state index contributed by atoms with van der Waals surface area (Å²) >= 11 is 0. The summed E-state index contributed by atoms with van der Waals surface area (Å²) in [5.41, 5.74) is 1.35. The fraction of sp³-hybridized carbons (Fsp3) is 0.0909. The SMILES string of the molecule is O=C(O)C(C(=O)Oc1ccccc1)c1ccc(OCc2ccccc2)cc1. The van der Waals surface area contributed by atoms with E-state index in [1.165, 1.54) is 0 Å². The largest absolute Gasteiger partial charge is 0.489 e. The summed E-state index contributed by atoms with van der Waals surface area (Å²) in [7, 11) is 0. The third-order valence-electron chi connectivity index (χ3n) is 3.91. The smallest absolute Gasteiger partial charge is 0.330 e. The Bertz CT molecular complexity index is 889. The maximum absolute atomic E-state index is 12.3. The van der Waals surface area contributed by atoms with Gasteiger partial charge in [-0.15, -0.1) is 0 Å². The zero-order chi connectivity index (χ0) is 19.1. The van der Waals surface area contributed by atoms with Gasteiger partial charge in [-0.3, -0.25) is 9.59 Å². The Labute approximate surface area is 156 Å². The third-order valence-corrected chi connectivity index (χ3v) is 3.91. The van der Waals surface area contributed by atoms with Crippen LogP contribution in [0.2, 0.25) is 0 Å². The second-order valence-electron chi connectivity index (χ2n) is 5.85. The summed E-state index contributed by atoms with van der Waals surface area (Å²) in [6.45, 7) is 0.401. The Hall–Kier alpha value is -3.60. The van der Waals surface area contributed by atoms with Crippen LogP contribution in [-0.2, 0) is 16.2 Å². The normalized spacial score (nSPS) is 11.4. The van der Waals surface area contributed by atoms with E-state index >= 15 is 0 Å². The lowest BCUT2D eigenvalue weighted by Crippen LogP contribution is -2.26. The average molecular weight is 362 g/mol. The molecule has 0 amide bonds. The topological polar surface area (TPSA) is 72.8 Å². The minimum Gasteiger partial charge on any atom is -0.489 e. The summed E-state index contributed by atoms with van der Waals surface area (Å²) in [6, 6.07) is 24.5. The Kier molecular flexibility index (Phi) is 5.84. The first-order valence-corrected chi connectivity index (χ1v) is 8.40. The van der Waals surface area contributed by atoms with Crippen molar-refractivity contribution in [1.29, 1.82) is 0 Å². The van der Waals surface area contributed by atoms with Crippen LogP contribution in [0.15, 0.2) is 84.9 Å². The van der Waals surface area contributed by atoms with Gasteiger partial charge in [-0.2, -0.15) is 0 Å². The Morgan fingerprint density at radius 3 is 1.96 bits per heavy atom. The molecule has 3 aromatic carbocycles. The van der Waals surface area contributed by atoms with Gasteiger partial charge in [0, 0.05) is 0 Å². The number of esters is 1. The summed E-state index contributed by atoms with van der Waals surface area (Å²) < 4.78 is 10.9. The molecule has 136 valence electrons. The van der Waals surface area contributed by atoms with Crippen LogP contribution >= 0.6 is 0 Å². The molecule has 0 aliphatic rings. The van der Waals surface area contributed by atoms with Crippen molar-refractivity contribution in [1.82, 2.24) is 0 Å². The van der Waals surface area contributed by atoms with E-state index in [0.29, 0.717) is 23.7 Å². The van der Waals surface area contributed by atoms with Crippen LogP contribution in [-0.4, -0.2) is 17.0 Å². The maximum Gasteiger partial charge on any atom is 0.330 e. The first kappa shape index (κ1) is 18.2. The predicted octanol–water partition coefficient (Wildman–Crippen LogP) is 4.04. The molecule has 1 unspecified atom stereocenters. The highest BCUT2D eigenvalue weighted by atomic mass is 16.5. The fourth-order valence-corrected chi connectivity index (χ4v) is 2.54. The van der Waals surface area contributed by atoms with Crippen molar-refractivity contribution in [3.05, 3.63) is 96.1 Å². The molecule has 0 spiro atoms. The predicted molar refractivity (Wildman–Crippen MR) is 99.7 cm³/mol. The molecule has 0 fully saturated rings. The Balaban J connectivity index is 1.68. The van der Waals surface area contributed by atoms with Gasteiger partial charge in [0.1, 0.15) is 18.1 Å². The molecule has 3 aromatic rings. The fourth-order valence-electron chi connectivity index (χ4n) is 2.54. The molecule has 27 heavy (non-hydrogen) atoms. The summed E-state index contributed by atoms with van der Waals surface area (Å²) in [6.07, 6.45) is 0. The van der Waals surface area contributed by atoms with Gasteiger partial charge in [0.05, 0.1) is 0 Å². The molecule has 5 nitrogen and oxygen atoms in total. The van der Waals surface area contributed by atoms with E-state index < -0.39 is 17.9 Å². The van der Waals surface area contributed by atoms with E-state index in [9.17, 15) is 14.7 Å². The highest BCUT2D eigenvalue weighted by Gasteiger charge is 2.30. The van der Waals surface area contributed by atoms with Gasteiger partial charge in [-0.25, -0.2) is 0 Å². The summed E-state index contributed by atoms with van der Waals surface area (Å²) in [4.78, 5) is 23.9. The number of carbonyl (C=O) groups excluding carboxylic acids is 1. The van der Waals surface area contributed by atoms with Gasteiger partial charge in [-0.1, -0.05) is 60.7 Å². The maximum atomic E-state index is 12.3. The average Bonchev–Trinajstić information content (AvgIpc) is 2.69. The number of rotatable bonds is 7. The molecule has 0 bridgehead atoms. The van der Waals surface area contributed by atoms with Crippen LogP contribution in [0.4, 0.5) is 0 Å². The van der Waals surface area contributed by atoms with E-state index in [0.717, 1.165) is 5.56 Å². The molecule has 0 saturated carbocycles. The van der Waals surface area contributed by atoms with Crippen LogP contribution < -0.4 is 9.47 Å². The second kappa shape index (κ2) is 8.67. The van der Waals surface area contributed by atoms with Crippen molar-refractivity contribution in [2.45, 2.75) is 12.5 Å². The molecule has 0 aliphatic heterocycles. The lowest BCUT2D eigenvalue weighted by Gasteiger charge is -2.13. The monoisotopic (exact) mass is 362 g/mol. The zero-order valence-electron chi connectivity index (χ0n) is 14.4. The molecule has 0 heterocycles. The van der Waals surface area contributed by atoms with Crippen molar-refractivity contribution < 1.29 is 24.2 Å². The first-order chi connectivity index (χ1) is 13.1. The van der Waals surface area contributed by atoms with Gasteiger partial charge in [-0.05, 0) is 35.4 Å². The summed E-state index contributed by atoms with van der Waals surface area (Å²) in [5, 5.41) is 9.46. The number of ether oxygens (including phenoxy) is 2. The number of benzene rings is 3. The molecular weight excluding hydrogens is 344 g/mol. The van der Waals surface area contributed by atoms with Gasteiger partial charge in [0.2, 0.25) is 0 Å². The number of carbonyl (C=O) groups is 2. The first-order valence-electron chi connectivity index (χ1n) is 8.40. The number of carboxylic acid groups (broad SMARTS) is 1. The lowest BCUT2D eigenvalue weighted by atomic mass is 9.99. The van der Waals surface area contributed by atoms with Gasteiger partial charge >= 0.3 is 11.9 Å². The highest BCUT2D eigenvalue weighted by Crippen LogP contribution is 2.23.